The topological polar surface area (TPSA) is 78.4 Å². The van der Waals surface area contributed by atoms with E-state index in [2.05, 4.69) is 34.0 Å². The maximum Gasteiger partial charge on any atom is 0.225 e. The van der Waals surface area contributed by atoms with Gasteiger partial charge >= 0.3 is 0 Å². The van der Waals surface area contributed by atoms with Crippen molar-refractivity contribution in [2.45, 2.75) is 58.4 Å². The third-order valence-electron chi connectivity index (χ3n) is 6.12. The van der Waals surface area contributed by atoms with Crippen molar-refractivity contribution in [3.05, 3.63) is 18.5 Å². The molecule has 2 amide bonds. The quantitative estimate of drug-likeness (QED) is 0.810. The molecule has 1 aromatic rings. The zero-order chi connectivity index (χ0) is 19.9. The van der Waals surface area contributed by atoms with Crippen molar-refractivity contribution < 1.29 is 9.59 Å². The van der Waals surface area contributed by atoms with E-state index in [9.17, 15) is 9.59 Å². The smallest absolute Gasteiger partial charge is 0.225 e. The highest BCUT2D eigenvalue weighted by Gasteiger charge is 2.31. The first-order valence-electron chi connectivity index (χ1n) is 10.7. The second-order valence-corrected chi connectivity index (χ2v) is 7.96. The lowest BCUT2D eigenvalue weighted by Crippen LogP contribution is -2.51. The fourth-order valence-electron chi connectivity index (χ4n) is 4.29. The van der Waals surface area contributed by atoms with Crippen LogP contribution in [0.4, 0.5) is 5.95 Å². The van der Waals surface area contributed by atoms with Crippen LogP contribution in [0.1, 0.15) is 52.4 Å². The fraction of sp³-hybridized carbons (Fsp3) is 0.714. The average Bonchev–Trinajstić information content (AvgIpc) is 2.75. The summed E-state index contributed by atoms with van der Waals surface area (Å²) < 4.78 is 0. The summed E-state index contributed by atoms with van der Waals surface area (Å²) in [5, 5.41) is 3.23. The molecule has 28 heavy (non-hydrogen) atoms. The van der Waals surface area contributed by atoms with Gasteiger partial charge in [0.1, 0.15) is 0 Å². The number of carbonyl (C=O) groups excluding carboxylic acids is 2. The second-order valence-electron chi connectivity index (χ2n) is 7.96. The molecule has 154 valence electrons. The van der Waals surface area contributed by atoms with Crippen LogP contribution in [0.3, 0.4) is 0 Å². The molecular formula is C21H33N5O2. The minimum Gasteiger partial charge on any atom is -0.353 e. The fourth-order valence-corrected chi connectivity index (χ4v) is 4.29. The predicted octanol–water partition coefficient (Wildman–Crippen LogP) is 2.24. The summed E-state index contributed by atoms with van der Waals surface area (Å²) in [6.45, 7) is 7.20. The molecule has 3 heterocycles. The van der Waals surface area contributed by atoms with E-state index in [0.717, 1.165) is 58.2 Å². The van der Waals surface area contributed by atoms with E-state index in [1.807, 2.05) is 4.90 Å². The predicted molar refractivity (Wildman–Crippen MR) is 109 cm³/mol. The molecule has 2 fully saturated rings. The molecule has 2 aliphatic heterocycles. The molecule has 1 atom stereocenters. The molecule has 0 bridgehead atoms. The van der Waals surface area contributed by atoms with Crippen LogP contribution < -0.4 is 10.2 Å². The molecule has 0 spiro atoms. The van der Waals surface area contributed by atoms with E-state index in [-0.39, 0.29) is 29.7 Å². The van der Waals surface area contributed by atoms with Crippen molar-refractivity contribution in [1.29, 1.82) is 0 Å². The highest BCUT2D eigenvalue weighted by molar-refractivity contribution is 5.80. The molecule has 2 aliphatic rings. The van der Waals surface area contributed by atoms with Gasteiger partial charge in [-0.2, -0.15) is 0 Å². The van der Waals surface area contributed by atoms with Crippen LogP contribution in [0.25, 0.3) is 0 Å². The molecule has 0 aromatic carbocycles. The molecule has 2 saturated heterocycles. The molecule has 1 aromatic heterocycles. The molecule has 7 heteroatoms. The Morgan fingerprint density at radius 1 is 1.11 bits per heavy atom. The third kappa shape index (κ3) is 5.00. The first-order chi connectivity index (χ1) is 13.6. The number of aromatic nitrogens is 2. The SMILES string of the molecule is CCC(CC)C(=O)N1CCC(NC(=O)C2CCCN(c3ncccn3)C2)CC1. The molecule has 7 nitrogen and oxygen atoms in total. The van der Waals surface area contributed by atoms with Crippen molar-refractivity contribution in [1.82, 2.24) is 20.2 Å². The number of likely N-dealkylation sites (tertiary alicyclic amines) is 1. The van der Waals surface area contributed by atoms with Gasteiger partial charge in [-0.15, -0.1) is 0 Å². The van der Waals surface area contributed by atoms with Gasteiger partial charge in [0.05, 0.1) is 5.92 Å². The monoisotopic (exact) mass is 387 g/mol. The van der Waals surface area contributed by atoms with Gasteiger partial charge in [0, 0.05) is 50.5 Å². The molecule has 1 unspecified atom stereocenters. The summed E-state index contributed by atoms with van der Waals surface area (Å²) in [5.74, 6) is 1.22. The van der Waals surface area contributed by atoms with Gasteiger partial charge in [-0.05, 0) is 44.6 Å². The summed E-state index contributed by atoms with van der Waals surface area (Å²) in [5.41, 5.74) is 0. The first kappa shape index (κ1) is 20.6. The van der Waals surface area contributed by atoms with Crippen LogP contribution in [0.5, 0.6) is 0 Å². The lowest BCUT2D eigenvalue weighted by Gasteiger charge is -2.36. The van der Waals surface area contributed by atoms with Gasteiger partial charge in [-0.3, -0.25) is 9.59 Å². The highest BCUT2D eigenvalue weighted by Crippen LogP contribution is 2.22. The number of hydrogen-bond donors (Lipinski definition) is 1. The Labute approximate surface area is 167 Å². The van der Waals surface area contributed by atoms with Crippen LogP contribution in [0, 0.1) is 11.8 Å². The van der Waals surface area contributed by atoms with Gasteiger partial charge in [0.25, 0.3) is 0 Å². The van der Waals surface area contributed by atoms with Crippen molar-refractivity contribution in [3.8, 4) is 0 Å². The van der Waals surface area contributed by atoms with E-state index in [0.29, 0.717) is 12.5 Å². The number of rotatable bonds is 6. The first-order valence-corrected chi connectivity index (χ1v) is 10.7. The summed E-state index contributed by atoms with van der Waals surface area (Å²) in [7, 11) is 0. The molecule has 1 N–H and O–H groups in total. The van der Waals surface area contributed by atoms with Crippen molar-refractivity contribution in [3.63, 3.8) is 0 Å². The lowest BCUT2D eigenvalue weighted by molar-refractivity contribution is -0.137. The number of nitrogens with one attached hydrogen (secondary N) is 1. The summed E-state index contributed by atoms with van der Waals surface area (Å²) in [6.07, 6.45) is 8.83. The number of nitrogens with zero attached hydrogens (tertiary/aromatic N) is 4. The van der Waals surface area contributed by atoms with Crippen LogP contribution in [-0.2, 0) is 9.59 Å². The zero-order valence-electron chi connectivity index (χ0n) is 17.1. The van der Waals surface area contributed by atoms with Crippen LogP contribution >= 0.6 is 0 Å². The average molecular weight is 388 g/mol. The third-order valence-corrected chi connectivity index (χ3v) is 6.12. The van der Waals surface area contributed by atoms with E-state index in [1.165, 1.54) is 0 Å². The van der Waals surface area contributed by atoms with Gasteiger partial charge in [-0.25, -0.2) is 9.97 Å². The number of hydrogen-bond acceptors (Lipinski definition) is 5. The van der Waals surface area contributed by atoms with E-state index in [1.54, 1.807) is 18.5 Å². The molecular weight excluding hydrogens is 354 g/mol. The number of piperidine rings is 2. The number of amides is 2. The largest absolute Gasteiger partial charge is 0.353 e. The van der Waals surface area contributed by atoms with Gasteiger partial charge in [-0.1, -0.05) is 13.8 Å². The molecule has 0 saturated carbocycles. The Bertz CT molecular complexity index is 641. The summed E-state index contributed by atoms with van der Waals surface area (Å²) >= 11 is 0. The van der Waals surface area contributed by atoms with E-state index < -0.39 is 0 Å². The van der Waals surface area contributed by atoms with Crippen molar-refractivity contribution in [2.24, 2.45) is 11.8 Å². The normalized spacial score (nSPS) is 21.0. The van der Waals surface area contributed by atoms with Gasteiger partial charge < -0.3 is 15.1 Å². The van der Waals surface area contributed by atoms with Gasteiger partial charge in [0.2, 0.25) is 17.8 Å². The molecule has 3 rings (SSSR count). The van der Waals surface area contributed by atoms with Crippen molar-refractivity contribution in [2.75, 3.05) is 31.1 Å². The van der Waals surface area contributed by atoms with Crippen LogP contribution in [0.15, 0.2) is 18.5 Å². The second kappa shape index (κ2) is 9.85. The highest BCUT2D eigenvalue weighted by atomic mass is 16.2. The number of carbonyl (C=O) groups is 2. The Kier molecular flexibility index (Phi) is 7.23. The summed E-state index contributed by atoms with van der Waals surface area (Å²) in [4.78, 5) is 38.0. The van der Waals surface area contributed by atoms with Crippen LogP contribution in [0.2, 0.25) is 0 Å². The van der Waals surface area contributed by atoms with Crippen molar-refractivity contribution >= 4 is 17.8 Å². The minimum absolute atomic E-state index is 0.0261. The van der Waals surface area contributed by atoms with Gasteiger partial charge in [0.15, 0.2) is 0 Å². The molecule has 0 aliphatic carbocycles. The van der Waals surface area contributed by atoms with E-state index in [4.69, 9.17) is 0 Å². The number of anilines is 1. The Balaban J connectivity index is 1.47. The van der Waals surface area contributed by atoms with E-state index >= 15 is 0 Å². The Hall–Kier alpha value is -2.18. The maximum atomic E-state index is 12.8. The Morgan fingerprint density at radius 2 is 1.79 bits per heavy atom. The zero-order valence-corrected chi connectivity index (χ0v) is 17.1. The lowest BCUT2D eigenvalue weighted by atomic mass is 9.95. The Morgan fingerprint density at radius 3 is 2.43 bits per heavy atom. The standard InChI is InChI=1S/C21H33N5O2/c1-3-16(4-2)20(28)25-13-8-18(9-14-25)24-19(27)17-7-5-12-26(15-17)21-22-10-6-11-23-21/h6,10-11,16-18H,3-5,7-9,12-15H2,1-2H3,(H,24,27). The van der Waals surface area contributed by atoms with Crippen LogP contribution in [-0.4, -0.2) is 58.9 Å². The maximum absolute atomic E-state index is 12.8. The molecule has 0 radical (unpaired) electrons. The summed E-state index contributed by atoms with van der Waals surface area (Å²) in [6, 6.07) is 1.97. The minimum atomic E-state index is -0.0261.